The molecule has 0 saturated heterocycles. The second kappa shape index (κ2) is 7.75. The van der Waals surface area contributed by atoms with Crippen LogP contribution in [0.5, 0.6) is 0 Å². The van der Waals surface area contributed by atoms with Crippen molar-refractivity contribution in [2.75, 3.05) is 22.9 Å². The van der Waals surface area contributed by atoms with Gasteiger partial charge in [0.05, 0.1) is 5.75 Å². The molecule has 2 N–H and O–H groups in total. The van der Waals surface area contributed by atoms with E-state index in [2.05, 4.69) is 27.4 Å². The summed E-state index contributed by atoms with van der Waals surface area (Å²) in [7, 11) is 0. The Hall–Kier alpha value is -1.93. The van der Waals surface area contributed by atoms with Gasteiger partial charge in [0.15, 0.2) is 4.34 Å². The Kier molecular flexibility index (Phi) is 5.70. The molecule has 110 valence electrons. The van der Waals surface area contributed by atoms with E-state index >= 15 is 0 Å². The molecule has 1 aromatic carbocycles. The first-order valence-corrected chi connectivity index (χ1v) is 7.84. The molecule has 0 aliphatic rings. The second-order valence-electron chi connectivity index (χ2n) is 3.89. The molecule has 0 saturated carbocycles. The molecule has 1 aromatic heterocycles. The predicted octanol–water partition coefficient (Wildman–Crippen LogP) is 3.01. The van der Waals surface area contributed by atoms with E-state index in [-0.39, 0.29) is 17.5 Å². The van der Waals surface area contributed by atoms with Gasteiger partial charge in [0, 0.05) is 12.2 Å². The summed E-state index contributed by atoms with van der Waals surface area (Å²) in [6.45, 7) is 4.21. The van der Waals surface area contributed by atoms with Gasteiger partial charge < -0.3 is 10.6 Å². The molecule has 0 aliphatic heterocycles. The molecule has 5 nitrogen and oxygen atoms in total. The molecule has 2 rings (SSSR count). The normalized spacial score (nSPS) is 10.1. The third kappa shape index (κ3) is 5.16. The summed E-state index contributed by atoms with van der Waals surface area (Å²) in [4.78, 5) is 11.7. The fourth-order valence-corrected chi connectivity index (χ4v) is 2.95. The molecule has 8 heteroatoms. The number of rotatable bonds is 7. The highest BCUT2D eigenvalue weighted by atomic mass is 32.2. The fraction of sp³-hybridized carbons (Fsp3) is 0.154. The van der Waals surface area contributed by atoms with Gasteiger partial charge in [0.25, 0.3) is 0 Å². The van der Waals surface area contributed by atoms with Crippen LogP contribution in [0.25, 0.3) is 0 Å². The van der Waals surface area contributed by atoms with Crippen molar-refractivity contribution in [3.05, 3.63) is 42.7 Å². The van der Waals surface area contributed by atoms with Gasteiger partial charge >= 0.3 is 0 Å². The summed E-state index contributed by atoms with van der Waals surface area (Å²) >= 11 is 2.64. The summed E-state index contributed by atoms with van der Waals surface area (Å²) in [5.41, 5.74) is 0.436. The van der Waals surface area contributed by atoms with E-state index in [1.54, 1.807) is 18.2 Å². The van der Waals surface area contributed by atoms with Crippen LogP contribution in [0, 0.1) is 5.82 Å². The van der Waals surface area contributed by atoms with E-state index in [0.717, 1.165) is 0 Å². The zero-order valence-electron chi connectivity index (χ0n) is 11.0. The van der Waals surface area contributed by atoms with Crippen molar-refractivity contribution in [1.82, 2.24) is 10.2 Å². The lowest BCUT2D eigenvalue weighted by Crippen LogP contribution is -2.13. The first-order chi connectivity index (χ1) is 10.2. The van der Waals surface area contributed by atoms with Gasteiger partial charge in [-0.15, -0.1) is 16.8 Å². The van der Waals surface area contributed by atoms with Crippen LogP contribution < -0.4 is 10.6 Å². The third-order valence-electron chi connectivity index (χ3n) is 2.24. The predicted molar refractivity (Wildman–Crippen MR) is 84.3 cm³/mol. The Bertz CT molecular complexity index is 632. The lowest BCUT2D eigenvalue weighted by Gasteiger charge is -2.03. The van der Waals surface area contributed by atoms with Crippen molar-refractivity contribution in [2.24, 2.45) is 0 Å². The second-order valence-corrected chi connectivity index (χ2v) is 6.09. The maximum atomic E-state index is 13.0. The number of aromatic nitrogens is 2. The number of nitrogens with one attached hydrogen (secondary N) is 2. The standard InChI is InChI=1S/C13H13FN4OS2/c1-2-6-15-12-17-18-13(21-12)20-8-11(19)16-10-5-3-4-9(14)7-10/h2-5,7H,1,6,8H2,(H,15,17)(H,16,19). The minimum Gasteiger partial charge on any atom is -0.357 e. The Morgan fingerprint density at radius 1 is 1.48 bits per heavy atom. The summed E-state index contributed by atoms with van der Waals surface area (Å²) in [6, 6.07) is 5.77. The number of nitrogens with zero attached hydrogens (tertiary/aromatic N) is 2. The number of hydrogen-bond acceptors (Lipinski definition) is 6. The summed E-state index contributed by atoms with van der Waals surface area (Å²) in [5, 5.41) is 14.2. The smallest absolute Gasteiger partial charge is 0.234 e. The first kappa shape index (κ1) is 15.5. The van der Waals surface area contributed by atoms with E-state index in [1.807, 2.05) is 0 Å². The lowest BCUT2D eigenvalue weighted by molar-refractivity contribution is -0.113. The van der Waals surface area contributed by atoms with Gasteiger partial charge in [-0.05, 0) is 18.2 Å². The van der Waals surface area contributed by atoms with Crippen molar-refractivity contribution in [3.63, 3.8) is 0 Å². The van der Waals surface area contributed by atoms with Crippen molar-refractivity contribution in [3.8, 4) is 0 Å². The van der Waals surface area contributed by atoms with E-state index in [1.165, 1.54) is 35.2 Å². The molecule has 2 aromatic rings. The highest BCUT2D eigenvalue weighted by Crippen LogP contribution is 2.25. The monoisotopic (exact) mass is 324 g/mol. The SMILES string of the molecule is C=CCNc1nnc(SCC(=O)Nc2cccc(F)c2)s1. The number of hydrogen-bond donors (Lipinski definition) is 2. The van der Waals surface area contributed by atoms with Crippen molar-refractivity contribution >= 4 is 39.8 Å². The number of benzene rings is 1. The maximum Gasteiger partial charge on any atom is 0.234 e. The Morgan fingerprint density at radius 3 is 3.10 bits per heavy atom. The quantitative estimate of drug-likeness (QED) is 0.605. The van der Waals surface area contributed by atoms with Gasteiger partial charge in [-0.1, -0.05) is 35.2 Å². The van der Waals surface area contributed by atoms with Crippen LogP contribution in [0.1, 0.15) is 0 Å². The maximum absolute atomic E-state index is 13.0. The largest absolute Gasteiger partial charge is 0.357 e. The molecule has 21 heavy (non-hydrogen) atoms. The van der Waals surface area contributed by atoms with Crippen LogP contribution in [0.3, 0.4) is 0 Å². The molecule has 1 heterocycles. The van der Waals surface area contributed by atoms with Crippen LogP contribution in [0.2, 0.25) is 0 Å². The molecule has 0 spiro atoms. The topological polar surface area (TPSA) is 66.9 Å². The fourth-order valence-electron chi connectivity index (χ4n) is 1.39. The van der Waals surface area contributed by atoms with Crippen LogP contribution >= 0.6 is 23.1 Å². The van der Waals surface area contributed by atoms with Gasteiger partial charge in [-0.25, -0.2) is 4.39 Å². The highest BCUT2D eigenvalue weighted by Gasteiger charge is 2.08. The number of amides is 1. The van der Waals surface area contributed by atoms with E-state index in [4.69, 9.17) is 0 Å². The minimum atomic E-state index is -0.387. The molecule has 0 atom stereocenters. The van der Waals surface area contributed by atoms with Crippen LogP contribution in [-0.4, -0.2) is 28.4 Å². The number of carbonyl (C=O) groups excluding carboxylic acids is 1. The summed E-state index contributed by atoms with van der Waals surface area (Å²) in [6.07, 6.45) is 1.72. The molecular formula is C13H13FN4OS2. The highest BCUT2D eigenvalue weighted by molar-refractivity contribution is 8.01. The van der Waals surface area contributed by atoms with E-state index in [9.17, 15) is 9.18 Å². The summed E-state index contributed by atoms with van der Waals surface area (Å²) < 4.78 is 13.7. The zero-order valence-corrected chi connectivity index (χ0v) is 12.6. The average Bonchev–Trinajstić information content (AvgIpc) is 2.91. The number of thioether (sulfide) groups is 1. The molecular weight excluding hydrogens is 311 g/mol. The Balaban J connectivity index is 1.81. The van der Waals surface area contributed by atoms with Crippen LogP contribution in [0.15, 0.2) is 41.3 Å². The average molecular weight is 324 g/mol. The van der Waals surface area contributed by atoms with Gasteiger partial charge in [-0.2, -0.15) is 0 Å². The van der Waals surface area contributed by atoms with Crippen molar-refractivity contribution in [1.29, 1.82) is 0 Å². The molecule has 0 radical (unpaired) electrons. The van der Waals surface area contributed by atoms with Crippen molar-refractivity contribution in [2.45, 2.75) is 4.34 Å². The number of anilines is 2. The number of halogens is 1. The Morgan fingerprint density at radius 2 is 2.33 bits per heavy atom. The lowest BCUT2D eigenvalue weighted by atomic mass is 10.3. The number of carbonyl (C=O) groups is 1. The van der Waals surface area contributed by atoms with E-state index < -0.39 is 0 Å². The Labute approximate surface area is 129 Å². The molecule has 0 bridgehead atoms. The van der Waals surface area contributed by atoms with Crippen LogP contribution in [0.4, 0.5) is 15.2 Å². The molecule has 0 unspecified atom stereocenters. The van der Waals surface area contributed by atoms with Gasteiger partial charge in [-0.3, -0.25) is 4.79 Å². The molecule has 1 amide bonds. The first-order valence-electron chi connectivity index (χ1n) is 6.04. The van der Waals surface area contributed by atoms with Gasteiger partial charge in [0.2, 0.25) is 11.0 Å². The van der Waals surface area contributed by atoms with Gasteiger partial charge in [0.1, 0.15) is 5.82 Å². The van der Waals surface area contributed by atoms with E-state index in [0.29, 0.717) is 21.7 Å². The summed E-state index contributed by atoms with van der Waals surface area (Å²) in [5.74, 6) is -0.420. The zero-order chi connectivity index (χ0) is 15.1. The minimum absolute atomic E-state index is 0.187. The van der Waals surface area contributed by atoms with Crippen molar-refractivity contribution < 1.29 is 9.18 Å². The molecule has 0 fully saturated rings. The third-order valence-corrected chi connectivity index (χ3v) is 4.25. The molecule has 0 aliphatic carbocycles. The van der Waals surface area contributed by atoms with Crippen LogP contribution in [-0.2, 0) is 4.79 Å².